The van der Waals surface area contributed by atoms with E-state index in [4.69, 9.17) is 0 Å². The molecule has 4 aliphatic rings. The molecule has 5 rings (SSSR count). The Labute approximate surface area is 181 Å². The summed E-state index contributed by atoms with van der Waals surface area (Å²) >= 11 is 0. The number of nitro groups is 1. The van der Waals surface area contributed by atoms with E-state index in [2.05, 4.69) is 10.6 Å². The Morgan fingerprint density at radius 1 is 1.13 bits per heavy atom. The number of nitrogens with one attached hydrogen (secondary N) is 2. The van der Waals surface area contributed by atoms with Gasteiger partial charge in [-0.15, -0.1) is 5.75 Å². The standard InChI is InChI=1S/C23H31N3O5/c1-13(2)20(21(28)24-12-17-8-18(26(30)31)3-4-19(17)27)25-22(29)23-9-14-5-15(10-23)7-16(6-14)11-23/h3-4,8,13-16,20,27H,5-7,9-12H2,1-2H3,(H,24,28)(H,25,29)/p-1/t14?,15?,16?,20-,23?/m0/s1. The molecule has 1 aromatic carbocycles. The van der Waals surface area contributed by atoms with Crippen LogP contribution in [-0.2, 0) is 16.1 Å². The van der Waals surface area contributed by atoms with Crippen LogP contribution in [0.3, 0.4) is 0 Å². The lowest BCUT2D eigenvalue weighted by atomic mass is 9.49. The van der Waals surface area contributed by atoms with Crippen LogP contribution in [0.5, 0.6) is 5.75 Å². The zero-order valence-electron chi connectivity index (χ0n) is 18.1. The van der Waals surface area contributed by atoms with Crippen molar-refractivity contribution in [1.82, 2.24) is 10.6 Å². The lowest BCUT2D eigenvalue weighted by Gasteiger charge is -2.55. The van der Waals surface area contributed by atoms with E-state index in [1.807, 2.05) is 13.8 Å². The number of nitro benzene ring substituents is 1. The van der Waals surface area contributed by atoms with Crippen LogP contribution in [0.15, 0.2) is 18.2 Å². The molecule has 0 saturated heterocycles. The van der Waals surface area contributed by atoms with Gasteiger partial charge in [-0.05, 0) is 67.8 Å². The normalized spacial score (nSPS) is 29.6. The SMILES string of the molecule is CC(C)[C@H](NC(=O)C12CC3CC(CC(C3)C1)C2)C(=O)NCc1cc([N+](=O)[O-])ccc1[O-]. The second-order valence-electron chi connectivity index (χ2n) is 10.2. The third-order valence-electron chi connectivity index (χ3n) is 7.46. The van der Waals surface area contributed by atoms with Gasteiger partial charge in [-0.1, -0.05) is 19.9 Å². The fraction of sp³-hybridized carbons (Fsp3) is 0.652. The molecule has 31 heavy (non-hydrogen) atoms. The smallest absolute Gasteiger partial charge is 0.269 e. The van der Waals surface area contributed by atoms with E-state index in [0.717, 1.165) is 31.4 Å². The van der Waals surface area contributed by atoms with Gasteiger partial charge in [0, 0.05) is 24.1 Å². The number of non-ortho nitro benzene ring substituents is 1. The average molecular weight is 429 g/mol. The lowest BCUT2D eigenvalue weighted by Crippen LogP contribution is -2.58. The number of benzene rings is 1. The predicted octanol–water partition coefficient (Wildman–Crippen LogP) is 2.64. The fourth-order valence-corrected chi connectivity index (χ4v) is 6.33. The second-order valence-corrected chi connectivity index (χ2v) is 10.2. The summed E-state index contributed by atoms with van der Waals surface area (Å²) in [6.45, 7) is 3.63. The van der Waals surface area contributed by atoms with Crippen LogP contribution < -0.4 is 15.7 Å². The largest absolute Gasteiger partial charge is 0.872 e. The van der Waals surface area contributed by atoms with Crippen LogP contribution >= 0.6 is 0 Å². The first kappa shape index (κ1) is 21.6. The number of carbonyl (C=O) groups excluding carboxylic acids is 2. The van der Waals surface area contributed by atoms with E-state index < -0.39 is 11.0 Å². The molecule has 4 saturated carbocycles. The number of hydrogen-bond acceptors (Lipinski definition) is 5. The number of carbonyl (C=O) groups is 2. The van der Waals surface area contributed by atoms with E-state index in [9.17, 15) is 24.8 Å². The molecule has 2 N–H and O–H groups in total. The first-order valence-electron chi connectivity index (χ1n) is 11.2. The number of amides is 2. The summed E-state index contributed by atoms with van der Waals surface area (Å²) in [5.74, 6) is 1.01. The Kier molecular flexibility index (Phi) is 5.66. The van der Waals surface area contributed by atoms with Crippen LogP contribution in [0.1, 0.15) is 57.9 Å². The van der Waals surface area contributed by atoms with Crippen LogP contribution in [0, 0.1) is 39.2 Å². The van der Waals surface area contributed by atoms with E-state index in [1.165, 1.54) is 25.3 Å². The van der Waals surface area contributed by atoms with Gasteiger partial charge in [0.15, 0.2) is 0 Å². The van der Waals surface area contributed by atoms with Gasteiger partial charge in [0.2, 0.25) is 11.8 Å². The Bertz CT molecular complexity index is 862. The van der Waals surface area contributed by atoms with Gasteiger partial charge in [0.25, 0.3) is 5.69 Å². The minimum absolute atomic E-state index is 0.0136. The Morgan fingerprint density at radius 3 is 2.23 bits per heavy atom. The molecule has 0 aliphatic heterocycles. The third kappa shape index (κ3) is 4.25. The third-order valence-corrected chi connectivity index (χ3v) is 7.46. The van der Waals surface area contributed by atoms with Gasteiger partial charge < -0.3 is 15.7 Å². The summed E-state index contributed by atoms with van der Waals surface area (Å²) in [5, 5.41) is 28.7. The summed E-state index contributed by atoms with van der Waals surface area (Å²) in [4.78, 5) is 36.6. The van der Waals surface area contributed by atoms with Crippen molar-refractivity contribution in [3.63, 3.8) is 0 Å². The zero-order valence-corrected chi connectivity index (χ0v) is 18.1. The van der Waals surface area contributed by atoms with Crippen molar-refractivity contribution in [2.45, 2.75) is 65.0 Å². The van der Waals surface area contributed by atoms with Gasteiger partial charge >= 0.3 is 0 Å². The van der Waals surface area contributed by atoms with Crippen LogP contribution in [0.25, 0.3) is 0 Å². The maximum absolute atomic E-state index is 13.3. The summed E-state index contributed by atoms with van der Waals surface area (Å²) in [5.41, 5.74) is -0.387. The summed E-state index contributed by atoms with van der Waals surface area (Å²) in [6.07, 6.45) is 6.48. The van der Waals surface area contributed by atoms with Gasteiger partial charge in [-0.2, -0.15) is 0 Å². The summed E-state index contributed by atoms with van der Waals surface area (Å²) in [6, 6.07) is 2.75. The Balaban J connectivity index is 1.42. The highest BCUT2D eigenvalue weighted by Crippen LogP contribution is 2.60. The van der Waals surface area contributed by atoms with Crippen LogP contribution in [0.4, 0.5) is 5.69 Å². The van der Waals surface area contributed by atoms with E-state index in [1.54, 1.807) is 0 Å². The molecule has 168 valence electrons. The minimum atomic E-state index is -0.714. The fourth-order valence-electron chi connectivity index (χ4n) is 6.33. The zero-order chi connectivity index (χ0) is 22.3. The van der Waals surface area contributed by atoms with Crippen LogP contribution in [-0.4, -0.2) is 22.8 Å². The Morgan fingerprint density at radius 2 is 1.71 bits per heavy atom. The molecule has 2 amide bonds. The monoisotopic (exact) mass is 428 g/mol. The molecule has 0 radical (unpaired) electrons. The van der Waals surface area contributed by atoms with E-state index in [0.29, 0.717) is 17.8 Å². The highest BCUT2D eigenvalue weighted by Gasteiger charge is 2.55. The molecule has 4 bridgehead atoms. The molecule has 1 atom stereocenters. The van der Waals surface area contributed by atoms with Crippen molar-refractivity contribution in [2.24, 2.45) is 29.1 Å². The lowest BCUT2D eigenvalue weighted by molar-refractivity contribution is -0.385. The van der Waals surface area contributed by atoms with Crippen molar-refractivity contribution in [1.29, 1.82) is 0 Å². The average Bonchev–Trinajstić information content (AvgIpc) is 2.69. The topological polar surface area (TPSA) is 124 Å². The molecule has 8 nitrogen and oxygen atoms in total. The predicted molar refractivity (Wildman–Crippen MR) is 112 cm³/mol. The quantitative estimate of drug-likeness (QED) is 0.510. The van der Waals surface area contributed by atoms with Crippen molar-refractivity contribution in [2.75, 3.05) is 0 Å². The molecule has 0 aromatic heterocycles. The first-order valence-corrected chi connectivity index (χ1v) is 11.2. The molecule has 4 fully saturated rings. The van der Waals surface area contributed by atoms with Crippen molar-refractivity contribution in [3.05, 3.63) is 33.9 Å². The first-order chi connectivity index (χ1) is 14.7. The Hall–Kier alpha value is -2.64. The number of rotatable bonds is 7. The van der Waals surface area contributed by atoms with Gasteiger partial charge in [-0.25, -0.2) is 0 Å². The molecule has 0 unspecified atom stereocenters. The maximum atomic E-state index is 13.3. The molecular formula is C23H30N3O5-. The molecular weight excluding hydrogens is 398 g/mol. The van der Waals surface area contributed by atoms with Gasteiger partial charge in [-0.3, -0.25) is 19.7 Å². The molecule has 1 aromatic rings. The second kappa shape index (κ2) is 8.13. The summed E-state index contributed by atoms with van der Waals surface area (Å²) in [7, 11) is 0. The molecule has 4 aliphatic carbocycles. The van der Waals surface area contributed by atoms with Gasteiger partial charge in [0.1, 0.15) is 6.04 Å². The van der Waals surface area contributed by atoms with Crippen molar-refractivity contribution in [3.8, 4) is 5.75 Å². The highest BCUT2D eigenvalue weighted by atomic mass is 16.6. The molecule has 0 spiro atoms. The summed E-state index contributed by atoms with van der Waals surface area (Å²) < 4.78 is 0. The maximum Gasteiger partial charge on any atom is 0.269 e. The number of hydrogen-bond donors (Lipinski definition) is 2. The minimum Gasteiger partial charge on any atom is -0.872 e. The molecule has 8 heteroatoms. The number of nitrogens with zero attached hydrogens (tertiary/aromatic N) is 1. The van der Waals surface area contributed by atoms with Crippen molar-refractivity contribution < 1.29 is 19.6 Å². The van der Waals surface area contributed by atoms with Crippen molar-refractivity contribution >= 4 is 17.5 Å². The molecule has 0 heterocycles. The van der Waals surface area contributed by atoms with E-state index in [-0.39, 0.29) is 46.7 Å². The van der Waals surface area contributed by atoms with Gasteiger partial charge in [0.05, 0.1) is 4.92 Å². The van der Waals surface area contributed by atoms with E-state index >= 15 is 0 Å². The van der Waals surface area contributed by atoms with Crippen LogP contribution in [0.2, 0.25) is 0 Å². The highest BCUT2D eigenvalue weighted by molar-refractivity contribution is 5.90.